The van der Waals surface area contributed by atoms with Gasteiger partial charge >= 0.3 is 0 Å². The molecule has 6 nitrogen and oxygen atoms in total. The zero-order valence-corrected chi connectivity index (χ0v) is 18.7. The third kappa shape index (κ3) is 4.84. The first-order valence-electron chi connectivity index (χ1n) is 9.74. The van der Waals surface area contributed by atoms with Crippen molar-refractivity contribution in [2.24, 2.45) is 0 Å². The summed E-state index contributed by atoms with van der Waals surface area (Å²) in [6, 6.07) is 16.8. The lowest BCUT2D eigenvalue weighted by Crippen LogP contribution is -2.26. The molecule has 0 saturated heterocycles. The van der Waals surface area contributed by atoms with Gasteiger partial charge in [0.05, 0.1) is 17.0 Å². The lowest BCUT2D eigenvalue weighted by atomic mass is 10.2. The maximum atomic E-state index is 13.2. The fraction of sp³-hybridized carbons (Fsp3) is 0.174. The molecule has 0 saturated carbocycles. The largest absolute Gasteiger partial charge is 0.353 e. The van der Waals surface area contributed by atoms with Crippen LogP contribution in [0.15, 0.2) is 64.5 Å². The number of hydrogen-bond acceptors (Lipinski definition) is 4. The van der Waals surface area contributed by atoms with Crippen LogP contribution in [0.5, 0.6) is 0 Å². The van der Waals surface area contributed by atoms with Crippen molar-refractivity contribution in [3.8, 4) is 5.69 Å². The highest BCUT2D eigenvalue weighted by Crippen LogP contribution is 2.22. The molecule has 1 amide bonds. The van der Waals surface area contributed by atoms with Crippen LogP contribution in [0.1, 0.15) is 16.8 Å². The molecular weight excluding hydrogens is 432 g/mol. The summed E-state index contributed by atoms with van der Waals surface area (Å²) in [7, 11) is 0. The van der Waals surface area contributed by atoms with Crippen molar-refractivity contribution in [2.75, 3.05) is 5.75 Å². The molecule has 0 fully saturated rings. The standard InChI is InChI=1S/C23H21ClN4O2S/c1-14-6-8-18(9-7-14)28-22(30)21-19(10-15(2)26-21)27-23(28)31-13-20(29)25-12-16-4-3-5-17(24)11-16/h3-11,26H,12-13H2,1-2H3,(H,25,29). The summed E-state index contributed by atoms with van der Waals surface area (Å²) >= 11 is 7.22. The van der Waals surface area contributed by atoms with Crippen LogP contribution in [-0.4, -0.2) is 26.2 Å². The molecule has 0 atom stereocenters. The molecule has 2 N–H and O–H groups in total. The Morgan fingerprint density at radius 1 is 1.16 bits per heavy atom. The number of nitrogens with one attached hydrogen (secondary N) is 2. The number of carbonyl (C=O) groups is 1. The molecule has 4 aromatic rings. The topological polar surface area (TPSA) is 79.8 Å². The molecule has 8 heteroatoms. The van der Waals surface area contributed by atoms with E-state index in [9.17, 15) is 9.59 Å². The molecule has 0 bridgehead atoms. The zero-order valence-electron chi connectivity index (χ0n) is 17.1. The van der Waals surface area contributed by atoms with Crippen molar-refractivity contribution in [3.63, 3.8) is 0 Å². The Balaban J connectivity index is 1.58. The van der Waals surface area contributed by atoms with E-state index >= 15 is 0 Å². The van der Waals surface area contributed by atoms with Gasteiger partial charge < -0.3 is 10.3 Å². The SMILES string of the molecule is Cc1ccc(-n2c(SCC(=O)NCc3cccc(Cl)c3)nc3cc(C)[nH]c3c2=O)cc1. The van der Waals surface area contributed by atoms with Crippen molar-refractivity contribution in [3.05, 3.63) is 86.8 Å². The first-order valence-corrected chi connectivity index (χ1v) is 11.1. The Hall–Kier alpha value is -3.03. The van der Waals surface area contributed by atoms with Gasteiger partial charge in [-0.3, -0.25) is 14.2 Å². The quantitative estimate of drug-likeness (QED) is 0.336. The minimum Gasteiger partial charge on any atom is -0.353 e. The third-order valence-corrected chi connectivity index (χ3v) is 5.93. The van der Waals surface area contributed by atoms with Gasteiger partial charge in [-0.15, -0.1) is 0 Å². The minimum absolute atomic E-state index is 0.133. The van der Waals surface area contributed by atoms with Crippen LogP contribution in [0.4, 0.5) is 0 Å². The van der Waals surface area contributed by atoms with E-state index in [1.165, 1.54) is 11.8 Å². The van der Waals surface area contributed by atoms with Crippen LogP contribution in [-0.2, 0) is 11.3 Å². The number of rotatable bonds is 6. The summed E-state index contributed by atoms with van der Waals surface area (Å²) in [5.74, 6) is -0.0200. The Morgan fingerprint density at radius 3 is 2.68 bits per heavy atom. The van der Waals surface area contributed by atoms with Crippen molar-refractivity contribution in [2.45, 2.75) is 25.5 Å². The molecule has 0 radical (unpaired) electrons. The highest BCUT2D eigenvalue weighted by atomic mass is 35.5. The fourth-order valence-corrected chi connectivity index (χ4v) is 4.28. The van der Waals surface area contributed by atoms with E-state index in [0.717, 1.165) is 16.8 Å². The molecule has 0 aliphatic carbocycles. The lowest BCUT2D eigenvalue weighted by Gasteiger charge is -2.12. The molecule has 0 spiro atoms. The average molecular weight is 453 g/mol. The number of amides is 1. The van der Waals surface area contributed by atoms with E-state index in [-0.39, 0.29) is 17.2 Å². The normalized spacial score (nSPS) is 11.1. The molecule has 31 heavy (non-hydrogen) atoms. The smallest absolute Gasteiger partial charge is 0.283 e. The number of hydrogen-bond donors (Lipinski definition) is 2. The third-order valence-electron chi connectivity index (χ3n) is 4.76. The van der Waals surface area contributed by atoms with E-state index in [1.54, 1.807) is 10.6 Å². The summed E-state index contributed by atoms with van der Waals surface area (Å²) in [4.78, 5) is 33.4. The number of thioether (sulfide) groups is 1. The Kier molecular flexibility index (Phi) is 6.15. The molecule has 2 heterocycles. The molecule has 2 aromatic carbocycles. The number of carbonyl (C=O) groups excluding carboxylic acids is 1. The second kappa shape index (κ2) is 8.99. The van der Waals surface area contributed by atoms with Gasteiger partial charge in [0.2, 0.25) is 5.91 Å². The summed E-state index contributed by atoms with van der Waals surface area (Å²) < 4.78 is 1.55. The van der Waals surface area contributed by atoms with Gasteiger partial charge in [0.15, 0.2) is 5.16 Å². The van der Waals surface area contributed by atoms with Gasteiger partial charge in [-0.1, -0.05) is 53.2 Å². The van der Waals surface area contributed by atoms with E-state index in [2.05, 4.69) is 15.3 Å². The molecule has 0 aliphatic heterocycles. The van der Waals surface area contributed by atoms with Crippen LogP contribution in [0.2, 0.25) is 5.02 Å². The number of aromatic amines is 1. The van der Waals surface area contributed by atoms with Crippen LogP contribution in [0.3, 0.4) is 0 Å². The summed E-state index contributed by atoms with van der Waals surface area (Å²) in [6.07, 6.45) is 0. The summed E-state index contributed by atoms with van der Waals surface area (Å²) in [5, 5.41) is 3.98. The minimum atomic E-state index is -0.191. The summed E-state index contributed by atoms with van der Waals surface area (Å²) in [6.45, 7) is 4.25. The molecule has 158 valence electrons. The van der Waals surface area contributed by atoms with E-state index in [1.807, 2.05) is 62.4 Å². The Labute approximate surface area is 188 Å². The van der Waals surface area contributed by atoms with Crippen LogP contribution in [0.25, 0.3) is 16.7 Å². The maximum Gasteiger partial charge on any atom is 0.283 e. The van der Waals surface area contributed by atoms with Crippen molar-refractivity contribution < 1.29 is 4.79 Å². The number of benzene rings is 2. The van der Waals surface area contributed by atoms with Gasteiger partial charge in [-0.25, -0.2) is 4.98 Å². The number of aromatic nitrogens is 3. The van der Waals surface area contributed by atoms with E-state index in [4.69, 9.17) is 11.6 Å². The number of halogens is 1. The second-order valence-electron chi connectivity index (χ2n) is 7.28. The van der Waals surface area contributed by atoms with Crippen molar-refractivity contribution >= 4 is 40.3 Å². The van der Waals surface area contributed by atoms with Gasteiger partial charge in [-0.05, 0) is 49.7 Å². The first-order chi connectivity index (χ1) is 14.9. The van der Waals surface area contributed by atoms with Crippen LogP contribution >= 0.6 is 23.4 Å². The monoisotopic (exact) mass is 452 g/mol. The number of fused-ring (bicyclic) bond motifs is 1. The maximum absolute atomic E-state index is 13.2. The number of nitrogens with zero attached hydrogens (tertiary/aromatic N) is 2. The van der Waals surface area contributed by atoms with Crippen LogP contribution in [0, 0.1) is 13.8 Å². The van der Waals surface area contributed by atoms with Gasteiger partial charge in [0, 0.05) is 17.3 Å². The van der Waals surface area contributed by atoms with E-state index < -0.39 is 0 Å². The van der Waals surface area contributed by atoms with Crippen LogP contribution < -0.4 is 10.9 Å². The first kappa shape index (κ1) is 21.2. The zero-order chi connectivity index (χ0) is 22.0. The van der Waals surface area contributed by atoms with Crippen molar-refractivity contribution in [1.29, 1.82) is 0 Å². The van der Waals surface area contributed by atoms with Gasteiger partial charge in [0.1, 0.15) is 5.52 Å². The lowest BCUT2D eigenvalue weighted by molar-refractivity contribution is -0.118. The number of H-pyrrole nitrogens is 1. The fourth-order valence-electron chi connectivity index (χ4n) is 3.22. The average Bonchev–Trinajstić information content (AvgIpc) is 3.12. The predicted octanol–water partition coefficient (Wildman–Crippen LogP) is 4.39. The molecule has 4 rings (SSSR count). The Bertz CT molecular complexity index is 1310. The highest BCUT2D eigenvalue weighted by molar-refractivity contribution is 7.99. The molecule has 2 aromatic heterocycles. The molecule has 0 aliphatic rings. The van der Waals surface area contributed by atoms with Crippen molar-refractivity contribution in [1.82, 2.24) is 19.9 Å². The highest BCUT2D eigenvalue weighted by Gasteiger charge is 2.16. The van der Waals surface area contributed by atoms with E-state index in [0.29, 0.717) is 33.4 Å². The Morgan fingerprint density at radius 2 is 1.94 bits per heavy atom. The van der Waals surface area contributed by atoms with Gasteiger partial charge in [0.25, 0.3) is 5.56 Å². The second-order valence-corrected chi connectivity index (χ2v) is 8.66. The van der Waals surface area contributed by atoms with Gasteiger partial charge in [-0.2, -0.15) is 0 Å². The molecule has 0 unspecified atom stereocenters. The molecular formula is C23H21ClN4O2S. The number of aryl methyl sites for hydroxylation is 2. The predicted molar refractivity (Wildman–Crippen MR) is 125 cm³/mol. The summed E-state index contributed by atoms with van der Waals surface area (Å²) in [5.41, 5.74) is 4.43.